The van der Waals surface area contributed by atoms with Gasteiger partial charge in [0.2, 0.25) is 0 Å². The van der Waals surface area contributed by atoms with Crippen LogP contribution in [0.25, 0.3) is 0 Å². The topological polar surface area (TPSA) is 43.7 Å². The van der Waals surface area contributed by atoms with E-state index in [4.69, 9.17) is 0 Å². The van der Waals surface area contributed by atoms with E-state index in [2.05, 4.69) is 11.9 Å². The van der Waals surface area contributed by atoms with E-state index < -0.39 is 11.2 Å². The predicted molar refractivity (Wildman–Crippen MR) is 57.1 cm³/mol. The predicted octanol–water partition coefficient (Wildman–Crippen LogP) is 0.770. The molecule has 3 nitrogen and oxygen atoms in total. The number of hydrogen-bond donors (Lipinski definition) is 2. The van der Waals surface area contributed by atoms with Gasteiger partial charge in [-0.3, -0.25) is 0 Å². The number of aliphatic hydroxyl groups is 2. The van der Waals surface area contributed by atoms with Crippen molar-refractivity contribution >= 4 is 0 Å². The van der Waals surface area contributed by atoms with Crippen molar-refractivity contribution in [3.05, 3.63) is 12.2 Å². The lowest BCUT2D eigenvalue weighted by Crippen LogP contribution is -2.41. The molecule has 1 rings (SSSR count). The molecule has 1 fully saturated rings. The van der Waals surface area contributed by atoms with Crippen molar-refractivity contribution in [3.8, 4) is 0 Å². The Bertz CT molecular complexity index is 210. The van der Waals surface area contributed by atoms with Crippen molar-refractivity contribution < 1.29 is 10.2 Å². The molecule has 1 heterocycles. The zero-order valence-electron chi connectivity index (χ0n) is 9.32. The number of likely N-dealkylation sites (tertiary alicyclic amines) is 1. The van der Waals surface area contributed by atoms with E-state index in [1.807, 2.05) is 0 Å². The molecule has 1 aliphatic rings. The minimum atomic E-state index is -0.834. The van der Waals surface area contributed by atoms with Crippen LogP contribution in [0.2, 0.25) is 0 Å². The molecule has 0 unspecified atom stereocenters. The average Bonchev–Trinajstić information content (AvgIpc) is 2.07. The summed E-state index contributed by atoms with van der Waals surface area (Å²) in [5.41, 5.74) is -1.55. The van der Waals surface area contributed by atoms with Gasteiger partial charge in [-0.05, 0) is 33.7 Å². The van der Waals surface area contributed by atoms with Crippen molar-refractivity contribution in [2.75, 3.05) is 20.1 Å². The van der Waals surface area contributed by atoms with E-state index in [-0.39, 0.29) is 0 Å². The van der Waals surface area contributed by atoms with Crippen molar-refractivity contribution in [1.29, 1.82) is 0 Å². The molecule has 1 saturated heterocycles. The fourth-order valence-electron chi connectivity index (χ4n) is 1.53. The van der Waals surface area contributed by atoms with Crippen LogP contribution in [0, 0.1) is 0 Å². The molecule has 14 heavy (non-hydrogen) atoms. The van der Waals surface area contributed by atoms with Crippen LogP contribution in [0.3, 0.4) is 0 Å². The molecule has 0 aromatic carbocycles. The third-order valence-electron chi connectivity index (χ3n) is 2.65. The van der Waals surface area contributed by atoms with Crippen LogP contribution in [-0.4, -0.2) is 46.5 Å². The molecule has 0 spiro atoms. The molecule has 0 radical (unpaired) electrons. The molecule has 0 aromatic rings. The van der Waals surface area contributed by atoms with Gasteiger partial charge in [0.1, 0.15) is 0 Å². The average molecular weight is 199 g/mol. The summed E-state index contributed by atoms with van der Waals surface area (Å²) in [4.78, 5) is 2.20. The first kappa shape index (κ1) is 11.7. The lowest BCUT2D eigenvalue weighted by molar-refractivity contribution is 0.0242. The molecule has 3 heteroatoms. The van der Waals surface area contributed by atoms with Crippen molar-refractivity contribution in [2.45, 2.75) is 37.9 Å². The number of nitrogens with zero attached hydrogens (tertiary/aromatic N) is 1. The normalized spacial score (nSPS) is 24.4. The maximum atomic E-state index is 10.1. The molecule has 82 valence electrons. The summed E-state index contributed by atoms with van der Waals surface area (Å²) >= 11 is 0. The van der Waals surface area contributed by atoms with Gasteiger partial charge in [0.25, 0.3) is 0 Å². The summed E-state index contributed by atoms with van der Waals surface area (Å²) < 4.78 is 0. The second kappa shape index (κ2) is 4.01. The monoisotopic (exact) mass is 199 g/mol. The molecule has 0 aliphatic carbocycles. The first-order valence-corrected chi connectivity index (χ1v) is 5.14. The molecule has 0 atom stereocenters. The lowest BCUT2D eigenvalue weighted by Gasteiger charge is -2.34. The lowest BCUT2D eigenvalue weighted by atomic mass is 9.90. The van der Waals surface area contributed by atoms with E-state index in [0.29, 0.717) is 0 Å². The second-order valence-electron chi connectivity index (χ2n) is 4.89. The van der Waals surface area contributed by atoms with Gasteiger partial charge in [-0.15, -0.1) is 0 Å². The Balaban J connectivity index is 2.55. The molecule has 2 N–H and O–H groups in total. The van der Waals surface area contributed by atoms with Crippen molar-refractivity contribution in [2.24, 2.45) is 0 Å². The maximum Gasteiger partial charge on any atom is 0.0853 e. The number of piperidine rings is 1. The Labute approximate surface area is 86.0 Å². The van der Waals surface area contributed by atoms with Crippen LogP contribution < -0.4 is 0 Å². The van der Waals surface area contributed by atoms with E-state index in [1.54, 1.807) is 26.0 Å². The molecule has 0 bridgehead atoms. The largest absolute Gasteiger partial charge is 0.386 e. The fourth-order valence-corrected chi connectivity index (χ4v) is 1.53. The highest BCUT2D eigenvalue weighted by atomic mass is 16.3. The second-order valence-corrected chi connectivity index (χ2v) is 4.89. The summed E-state index contributed by atoms with van der Waals surface area (Å²) in [5.74, 6) is 0. The van der Waals surface area contributed by atoms with Gasteiger partial charge < -0.3 is 15.1 Å². The van der Waals surface area contributed by atoms with Crippen LogP contribution in [0.4, 0.5) is 0 Å². The quantitative estimate of drug-likeness (QED) is 0.646. The third-order valence-corrected chi connectivity index (χ3v) is 2.65. The Kier molecular flexibility index (Phi) is 3.35. The summed E-state index contributed by atoms with van der Waals surface area (Å²) in [5, 5.41) is 19.6. The van der Waals surface area contributed by atoms with Crippen LogP contribution in [0.5, 0.6) is 0 Å². The van der Waals surface area contributed by atoms with Crippen LogP contribution in [0.1, 0.15) is 26.7 Å². The zero-order valence-corrected chi connectivity index (χ0v) is 9.32. The number of rotatable bonds is 2. The highest BCUT2D eigenvalue weighted by Gasteiger charge is 2.28. The summed E-state index contributed by atoms with van der Waals surface area (Å²) in [6, 6.07) is 0. The maximum absolute atomic E-state index is 10.1. The summed E-state index contributed by atoms with van der Waals surface area (Å²) in [6.45, 7) is 5.24. The highest BCUT2D eigenvalue weighted by molar-refractivity contribution is 5.08. The van der Waals surface area contributed by atoms with E-state index in [9.17, 15) is 10.2 Å². The van der Waals surface area contributed by atoms with Gasteiger partial charge in [0.15, 0.2) is 0 Å². The van der Waals surface area contributed by atoms with Crippen molar-refractivity contribution in [1.82, 2.24) is 4.90 Å². The van der Waals surface area contributed by atoms with E-state index in [0.717, 1.165) is 25.9 Å². The zero-order chi connectivity index (χ0) is 10.8. The van der Waals surface area contributed by atoms with Gasteiger partial charge in [0, 0.05) is 13.1 Å². The Morgan fingerprint density at radius 1 is 1.29 bits per heavy atom. The third kappa shape index (κ3) is 3.78. The van der Waals surface area contributed by atoms with Crippen LogP contribution in [0.15, 0.2) is 12.2 Å². The Morgan fingerprint density at radius 3 is 2.21 bits per heavy atom. The molecule has 0 amide bonds. The highest BCUT2D eigenvalue weighted by Crippen LogP contribution is 2.23. The first-order valence-electron chi connectivity index (χ1n) is 5.14. The van der Waals surface area contributed by atoms with Crippen LogP contribution >= 0.6 is 0 Å². The van der Waals surface area contributed by atoms with Gasteiger partial charge in [-0.1, -0.05) is 12.2 Å². The smallest absolute Gasteiger partial charge is 0.0853 e. The molecular weight excluding hydrogens is 178 g/mol. The standard InChI is InChI=1S/C11H21NO2/c1-10(2,13)4-5-11(14)6-8-12(3)9-7-11/h4-5,13-14H,6-9H2,1-3H3/b5-4+. The van der Waals surface area contributed by atoms with E-state index >= 15 is 0 Å². The Morgan fingerprint density at radius 2 is 1.79 bits per heavy atom. The molecule has 1 aliphatic heterocycles. The van der Waals surface area contributed by atoms with Crippen LogP contribution in [-0.2, 0) is 0 Å². The number of hydrogen-bond acceptors (Lipinski definition) is 3. The Hall–Kier alpha value is -0.380. The SMILES string of the molecule is CN1CCC(O)(/C=C/C(C)(C)O)CC1. The van der Waals surface area contributed by atoms with Gasteiger partial charge >= 0.3 is 0 Å². The molecular formula is C11H21NO2. The summed E-state index contributed by atoms with van der Waals surface area (Å²) in [7, 11) is 2.05. The van der Waals surface area contributed by atoms with Gasteiger partial charge in [-0.25, -0.2) is 0 Å². The minimum Gasteiger partial charge on any atom is -0.386 e. The molecule has 0 saturated carbocycles. The first-order chi connectivity index (χ1) is 6.31. The van der Waals surface area contributed by atoms with Gasteiger partial charge in [-0.2, -0.15) is 0 Å². The fraction of sp³-hybridized carbons (Fsp3) is 0.818. The minimum absolute atomic E-state index is 0.716. The van der Waals surface area contributed by atoms with Gasteiger partial charge in [0.05, 0.1) is 11.2 Å². The van der Waals surface area contributed by atoms with E-state index in [1.165, 1.54) is 0 Å². The van der Waals surface area contributed by atoms with Crippen molar-refractivity contribution in [3.63, 3.8) is 0 Å². The molecule has 0 aromatic heterocycles. The summed E-state index contributed by atoms with van der Waals surface area (Å²) in [6.07, 6.45) is 4.92.